The molecule has 0 unspecified atom stereocenters. The Labute approximate surface area is 96.5 Å². The van der Waals surface area contributed by atoms with Gasteiger partial charge in [0.05, 0.1) is 26.0 Å². The fraction of sp³-hybridized carbons (Fsp3) is 0.538. The van der Waals surface area contributed by atoms with E-state index in [1.807, 2.05) is 12.1 Å². The summed E-state index contributed by atoms with van der Waals surface area (Å²) < 4.78 is 11.0. The van der Waals surface area contributed by atoms with Crippen molar-refractivity contribution in [3.05, 3.63) is 36.3 Å². The lowest BCUT2D eigenvalue weighted by molar-refractivity contribution is 0.124. The van der Waals surface area contributed by atoms with Gasteiger partial charge in [-0.3, -0.25) is 0 Å². The van der Waals surface area contributed by atoms with Crippen LogP contribution < -0.4 is 5.32 Å². The molecule has 0 aliphatic heterocycles. The van der Waals surface area contributed by atoms with Crippen molar-refractivity contribution in [2.45, 2.75) is 38.5 Å². The molecule has 0 spiro atoms. The first kappa shape index (κ1) is 11.4. The molecule has 16 heavy (non-hydrogen) atoms. The molecule has 0 radical (unpaired) electrons. The van der Waals surface area contributed by atoms with Crippen LogP contribution in [0.4, 0.5) is 0 Å². The van der Waals surface area contributed by atoms with Gasteiger partial charge in [-0.1, -0.05) is 6.08 Å². The maximum absolute atomic E-state index is 5.52. The summed E-state index contributed by atoms with van der Waals surface area (Å²) in [7, 11) is 0. The van der Waals surface area contributed by atoms with E-state index < -0.39 is 0 Å². The van der Waals surface area contributed by atoms with Crippen molar-refractivity contribution in [2.24, 2.45) is 0 Å². The van der Waals surface area contributed by atoms with Crippen molar-refractivity contribution in [3.63, 3.8) is 0 Å². The minimum absolute atomic E-state index is 0.631. The third-order valence-corrected chi connectivity index (χ3v) is 2.69. The highest BCUT2D eigenvalue weighted by molar-refractivity contribution is 5.16. The van der Waals surface area contributed by atoms with Crippen LogP contribution in [0, 0.1) is 0 Å². The fourth-order valence-electron chi connectivity index (χ4n) is 1.52. The summed E-state index contributed by atoms with van der Waals surface area (Å²) in [5, 5.41) is 3.44. The van der Waals surface area contributed by atoms with Crippen molar-refractivity contribution in [1.29, 1.82) is 0 Å². The zero-order valence-corrected chi connectivity index (χ0v) is 9.58. The molecule has 0 aromatic carbocycles. The summed E-state index contributed by atoms with van der Waals surface area (Å²) in [5.41, 5.74) is 1.15. The van der Waals surface area contributed by atoms with Crippen molar-refractivity contribution >= 4 is 0 Å². The van der Waals surface area contributed by atoms with Gasteiger partial charge in [-0.05, 0) is 25.3 Å². The standard InChI is InChI=1S/C13H19NO2/c1-2-3-7-15-10-11-6-8-16-13(11)9-14-12-4-5-12/h2,6,8,12,14H,1,3-5,7,9-10H2. The summed E-state index contributed by atoms with van der Waals surface area (Å²) in [6, 6.07) is 2.69. The topological polar surface area (TPSA) is 34.4 Å². The molecular weight excluding hydrogens is 202 g/mol. The first-order valence-electron chi connectivity index (χ1n) is 5.87. The van der Waals surface area contributed by atoms with Crippen molar-refractivity contribution in [2.75, 3.05) is 6.61 Å². The van der Waals surface area contributed by atoms with Crippen molar-refractivity contribution in [3.8, 4) is 0 Å². The monoisotopic (exact) mass is 221 g/mol. The van der Waals surface area contributed by atoms with Gasteiger partial charge in [0.25, 0.3) is 0 Å². The van der Waals surface area contributed by atoms with Gasteiger partial charge in [-0.25, -0.2) is 0 Å². The van der Waals surface area contributed by atoms with Crippen LogP contribution in [0.25, 0.3) is 0 Å². The number of hydrogen-bond donors (Lipinski definition) is 1. The predicted molar refractivity (Wildman–Crippen MR) is 63.0 cm³/mol. The molecule has 1 aromatic rings. The summed E-state index contributed by atoms with van der Waals surface area (Å²) in [5.74, 6) is 1.01. The van der Waals surface area contributed by atoms with Gasteiger partial charge in [0.15, 0.2) is 0 Å². The molecule has 0 amide bonds. The molecule has 1 saturated carbocycles. The first-order valence-corrected chi connectivity index (χ1v) is 5.87. The second kappa shape index (κ2) is 5.87. The lowest BCUT2D eigenvalue weighted by Gasteiger charge is -2.04. The van der Waals surface area contributed by atoms with Crippen molar-refractivity contribution in [1.82, 2.24) is 5.32 Å². The van der Waals surface area contributed by atoms with Crippen LogP contribution in [-0.4, -0.2) is 12.6 Å². The molecule has 1 heterocycles. The third-order valence-electron chi connectivity index (χ3n) is 2.69. The molecule has 2 rings (SSSR count). The summed E-state index contributed by atoms with van der Waals surface area (Å²) in [4.78, 5) is 0. The van der Waals surface area contributed by atoms with Crippen LogP contribution in [-0.2, 0) is 17.9 Å². The molecule has 0 atom stereocenters. The minimum atomic E-state index is 0.631. The number of hydrogen-bond acceptors (Lipinski definition) is 3. The third kappa shape index (κ3) is 3.51. The molecular formula is C13H19NO2. The minimum Gasteiger partial charge on any atom is -0.468 e. The second-order valence-electron chi connectivity index (χ2n) is 4.15. The van der Waals surface area contributed by atoms with E-state index in [0.717, 1.165) is 30.9 Å². The zero-order chi connectivity index (χ0) is 11.2. The van der Waals surface area contributed by atoms with E-state index in [0.29, 0.717) is 12.6 Å². The number of rotatable bonds is 8. The highest BCUT2D eigenvalue weighted by atomic mass is 16.5. The van der Waals surface area contributed by atoms with Gasteiger partial charge in [-0.2, -0.15) is 0 Å². The average Bonchev–Trinajstić information content (AvgIpc) is 3.02. The van der Waals surface area contributed by atoms with E-state index in [4.69, 9.17) is 9.15 Å². The largest absolute Gasteiger partial charge is 0.468 e. The lowest BCUT2D eigenvalue weighted by Crippen LogP contribution is -2.15. The Morgan fingerprint density at radius 3 is 3.19 bits per heavy atom. The molecule has 3 nitrogen and oxygen atoms in total. The van der Waals surface area contributed by atoms with Crippen LogP contribution in [0.15, 0.2) is 29.4 Å². The lowest BCUT2D eigenvalue weighted by atomic mass is 10.2. The SMILES string of the molecule is C=CCCOCc1ccoc1CNC1CC1. The zero-order valence-electron chi connectivity index (χ0n) is 9.58. The van der Waals surface area contributed by atoms with Gasteiger partial charge in [0, 0.05) is 11.6 Å². The second-order valence-corrected chi connectivity index (χ2v) is 4.15. The molecule has 1 aliphatic carbocycles. The van der Waals surface area contributed by atoms with Crippen LogP contribution in [0.1, 0.15) is 30.6 Å². The normalized spacial score (nSPS) is 15.2. The molecule has 1 aliphatic rings. The Bertz CT molecular complexity index is 328. The molecule has 1 fully saturated rings. The van der Waals surface area contributed by atoms with E-state index in [9.17, 15) is 0 Å². The van der Waals surface area contributed by atoms with Gasteiger partial charge < -0.3 is 14.5 Å². The van der Waals surface area contributed by atoms with Gasteiger partial charge in [-0.15, -0.1) is 6.58 Å². The van der Waals surface area contributed by atoms with E-state index >= 15 is 0 Å². The molecule has 0 bridgehead atoms. The average molecular weight is 221 g/mol. The van der Waals surface area contributed by atoms with Crippen molar-refractivity contribution < 1.29 is 9.15 Å². The highest BCUT2D eigenvalue weighted by Crippen LogP contribution is 2.20. The quantitative estimate of drug-likeness (QED) is 0.541. The Morgan fingerprint density at radius 2 is 2.44 bits per heavy atom. The first-order chi connectivity index (χ1) is 7.90. The maximum Gasteiger partial charge on any atom is 0.123 e. The van der Waals surface area contributed by atoms with Crippen LogP contribution >= 0.6 is 0 Å². The smallest absolute Gasteiger partial charge is 0.123 e. The molecule has 1 N–H and O–H groups in total. The molecule has 1 aromatic heterocycles. The van der Waals surface area contributed by atoms with Crippen LogP contribution in [0.5, 0.6) is 0 Å². The number of ether oxygens (including phenoxy) is 1. The van der Waals surface area contributed by atoms with Gasteiger partial charge >= 0.3 is 0 Å². The van der Waals surface area contributed by atoms with E-state index in [1.54, 1.807) is 6.26 Å². The van der Waals surface area contributed by atoms with Crippen LogP contribution in [0.3, 0.4) is 0 Å². The fourth-order valence-corrected chi connectivity index (χ4v) is 1.52. The Morgan fingerprint density at radius 1 is 1.56 bits per heavy atom. The summed E-state index contributed by atoms with van der Waals surface area (Å²) in [6.45, 7) is 5.83. The summed E-state index contributed by atoms with van der Waals surface area (Å²) >= 11 is 0. The maximum atomic E-state index is 5.52. The van der Waals surface area contributed by atoms with Crippen LogP contribution in [0.2, 0.25) is 0 Å². The summed E-state index contributed by atoms with van der Waals surface area (Å²) in [6.07, 6.45) is 7.09. The highest BCUT2D eigenvalue weighted by Gasteiger charge is 2.21. The van der Waals surface area contributed by atoms with Gasteiger partial charge in [0.2, 0.25) is 0 Å². The molecule has 0 saturated heterocycles. The number of nitrogens with one attached hydrogen (secondary N) is 1. The van der Waals surface area contributed by atoms with E-state index in [1.165, 1.54) is 12.8 Å². The molecule has 88 valence electrons. The van der Waals surface area contributed by atoms with Gasteiger partial charge in [0.1, 0.15) is 5.76 Å². The Hall–Kier alpha value is -1.06. The number of furan rings is 1. The Kier molecular flexibility index (Phi) is 4.19. The molecule has 3 heteroatoms. The van der Waals surface area contributed by atoms with E-state index in [-0.39, 0.29) is 0 Å². The Balaban J connectivity index is 1.73. The van der Waals surface area contributed by atoms with E-state index in [2.05, 4.69) is 11.9 Å². The predicted octanol–water partition coefficient (Wildman–Crippen LogP) is 2.62.